The highest BCUT2D eigenvalue weighted by molar-refractivity contribution is 6.03. The van der Waals surface area contributed by atoms with Crippen LogP contribution in [0.4, 0.5) is 0 Å². The Balaban J connectivity index is 1.52. The highest BCUT2D eigenvalue weighted by Crippen LogP contribution is 2.24. The number of fused-ring (bicyclic) bond motifs is 4. The standard InChI is InChI=1S/C22H21N5O2/c1-2-26-20(25-16-5-3-8-23-21(16)26)13-19(28)15-7-6-14-11-18-22(29)24-9-4-10-27(18)17(14)12-15/h3,5-8,11-12H,2,4,9-10,13H2,1H3,(H,24,29). The van der Waals surface area contributed by atoms with E-state index < -0.39 is 0 Å². The van der Waals surface area contributed by atoms with Crippen molar-refractivity contribution in [1.82, 2.24) is 24.4 Å². The minimum absolute atomic E-state index is 0.00512. The molecule has 4 aromatic rings. The molecule has 4 heterocycles. The number of carbonyl (C=O) groups excluding carboxylic acids is 2. The SMILES string of the molecule is CCn1c(CC(=O)c2ccc3cc4n(c3c2)CCCNC4=O)nc2cccnc21. The zero-order valence-corrected chi connectivity index (χ0v) is 16.2. The molecule has 1 N–H and O–H groups in total. The predicted octanol–water partition coefficient (Wildman–Crippen LogP) is 2.96. The summed E-state index contributed by atoms with van der Waals surface area (Å²) in [7, 11) is 0. The van der Waals surface area contributed by atoms with Crippen molar-refractivity contribution in [2.45, 2.75) is 32.9 Å². The van der Waals surface area contributed by atoms with Crippen LogP contribution in [-0.4, -0.2) is 37.3 Å². The van der Waals surface area contributed by atoms with E-state index in [1.54, 1.807) is 6.20 Å². The summed E-state index contributed by atoms with van der Waals surface area (Å²) in [6.07, 6.45) is 2.82. The number of benzene rings is 1. The normalized spacial score (nSPS) is 14.0. The average molecular weight is 387 g/mol. The molecule has 1 amide bonds. The van der Waals surface area contributed by atoms with Crippen molar-refractivity contribution in [2.75, 3.05) is 6.54 Å². The van der Waals surface area contributed by atoms with Gasteiger partial charge in [0.15, 0.2) is 11.4 Å². The lowest BCUT2D eigenvalue weighted by atomic mass is 10.1. The Morgan fingerprint density at radius 2 is 2.14 bits per heavy atom. The van der Waals surface area contributed by atoms with Crippen molar-refractivity contribution in [3.63, 3.8) is 0 Å². The van der Waals surface area contributed by atoms with Crippen LogP contribution in [0.1, 0.15) is 40.0 Å². The van der Waals surface area contributed by atoms with E-state index in [-0.39, 0.29) is 18.1 Å². The van der Waals surface area contributed by atoms with E-state index in [0.717, 1.165) is 40.9 Å². The molecule has 7 nitrogen and oxygen atoms in total. The highest BCUT2D eigenvalue weighted by Gasteiger charge is 2.20. The Hall–Kier alpha value is -3.48. The first kappa shape index (κ1) is 17.6. The number of nitrogens with zero attached hydrogens (tertiary/aromatic N) is 4. The van der Waals surface area contributed by atoms with Crippen molar-refractivity contribution in [3.05, 3.63) is 59.7 Å². The number of pyridine rings is 1. The first-order chi connectivity index (χ1) is 14.2. The Bertz CT molecular complexity index is 1270. The van der Waals surface area contributed by atoms with E-state index in [2.05, 4.69) is 15.3 Å². The first-order valence-corrected chi connectivity index (χ1v) is 9.90. The largest absolute Gasteiger partial charge is 0.351 e. The molecule has 0 spiro atoms. The van der Waals surface area contributed by atoms with Crippen LogP contribution in [-0.2, 0) is 19.5 Å². The van der Waals surface area contributed by atoms with Gasteiger partial charge >= 0.3 is 0 Å². The summed E-state index contributed by atoms with van der Waals surface area (Å²) in [6.45, 7) is 4.15. The number of rotatable bonds is 4. The smallest absolute Gasteiger partial charge is 0.267 e. The number of imidazole rings is 1. The molecule has 1 aromatic carbocycles. The number of amides is 1. The molecule has 0 unspecified atom stereocenters. The maximum atomic E-state index is 13.1. The molecule has 29 heavy (non-hydrogen) atoms. The van der Waals surface area contributed by atoms with Crippen LogP contribution in [0.5, 0.6) is 0 Å². The molecule has 146 valence electrons. The summed E-state index contributed by atoms with van der Waals surface area (Å²) in [6, 6.07) is 11.3. The molecule has 0 saturated heterocycles. The third kappa shape index (κ3) is 2.90. The van der Waals surface area contributed by atoms with Gasteiger partial charge in [-0.2, -0.15) is 0 Å². The fourth-order valence-electron chi connectivity index (χ4n) is 4.10. The number of hydrogen-bond donors (Lipinski definition) is 1. The van der Waals surface area contributed by atoms with Gasteiger partial charge in [0, 0.05) is 42.3 Å². The third-order valence-electron chi connectivity index (χ3n) is 5.52. The van der Waals surface area contributed by atoms with Gasteiger partial charge in [-0.05, 0) is 37.6 Å². The molecule has 7 heteroatoms. The van der Waals surface area contributed by atoms with Crippen LogP contribution in [0.3, 0.4) is 0 Å². The van der Waals surface area contributed by atoms with E-state index >= 15 is 0 Å². The summed E-state index contributed by atoms with van der Waals surface area (Å²) in [5.41, 5.74) is 3.81. The van der Waals surface area contributed by atoms with Crippen molar-refractivity contribution < 1.29 is 9.59 Å². The van der Waals surface area contributed by atoms with Crippen LogP contribution in [0.15, 0.2) is 42.6 Å². The number of hydrogen-bond acceptors (Lipinski definition) is 4. The van der Waals surface area contributed by atoms with Gasteiger partial charge in [-0.25, -0.2) is 9.97 Å². The van der Waals surface area contributed by atoms with Gasteiger partial charge in [-0.15, -0.1) is 0 Å². The van der Waals surface area contributed by atoms with Crippen LogP contribution in [0.25, 0.3) is 22.1 Å². The first-order valence-electron chi connectivity index (χ1n) is 9.90. The van der Waals surface area contributed by atoms with Gasteiger partial charge in [0.05, 0.1) is 6.42 Å². The maximum Gasteiger partial charge on any atom is 0.267 e. The fraction of sp³-hybridized carbons (Fsp3) is 0.273. The molecule has 0 aliphatic carbocycles. The molecule has 5 rings (SSSR count). The van der Waals surface area contributed by atoms with Gasteiger partial charge < -0.3 is 14.5 Å². The molecule has 0 atom stereocenters. The van der Waals surface area contributed by atoms with E-state index in [0.29, 0.717) is 24.3 Å². The van der Waals surface area contributed by atoms with E-state index in [1.807, 2.05) is 52.5 Å². The Labute approximate surface area is 167 Å². The van der Waals surface area contributed by atoms with E-state index in [9.17, 15) is 9.59 Å². The topological polar surface area (TPSA) is 81.8 Å². The quantitative estimate of drug-likeness (QED) is 0.546. The summed E-state index contributed by atoms with van der Waals surface area (Å²) in [5.74, 6) is 0.668. The zero-order chi connectivity index (χ0) is 20.0. The predicted molar refractivity (Wildman–Crippen MR) is 110 cm³/mol. The lowest BCUT2D eigenvalue weighted by Gasteiger charge is -2.07. The van der Waals surface area contributed by atoms with Gasteiger partial charge in [0.2, 0.25) is 0 Å². The number of nitrogens with one attached hydrogen (secondary N) is 1. The second kappa shape index (κ2) is 6.84. The molecule has 1 aliphatic rings. The van der Waals surface area contributed by atoms with Gasteiger partial charge in [-0.1, -0.05) is 12.1 Å². The highest BCUT2D eigenvalue weighted by atomic mass is 16.2. The van der Waals surface area contributed by atoms with Crippen LogP contribution in [0.2, 0.25) is 0 Å². The Kier molecular flexibility index (Phi) is 4.16. The molecule has 3 aromatic heterocycles. The fourth-order valence-corrected chi connectivity index (χ4v) is 4.10. The number of Topliss-reactive ketones (excluding diaryl/α,β-unsaturated/α-hetero) is 1. The molecule has 1 aliphatic heterocycles. The molecule has 0 bridgehead atoms. The van der Waals surface area contributed by atoms with Crippen LogP contribution < -0.4 is 5.32 Å². The van der Waals surface area contributed by atoms with E-state index in [4.69, 9.17) is 0 Å². The summed E-state index contributed by atoms with van der Waals surface area (Å²) in [4.78, 5) is 34.4. The van der Waals surface area contributed by atoms with Crippen LogP contribution >= 0.6 is 0 Å². The van der Waals surface area contributed by atoms with Gasteiger partial charge in [0.25, 0.3) is 5.91 Å². The zero-order valence-electron chi connectivity index (χ0n) is 16.2. The van der Waals surface area contributed by atoms with Crippen molar-refractivity contribution in [2.24, 2.45) is 0 Å². The summed E-state index contributed by atoms with van der Waals surface area (Å²) in [5, 5.41) is 3.88. The number of ketones is 1. The lowest BCUT2D eigenvalue weighted by Crippen LogP contribution is -2.22. The molecule has 0 saturated carbocycles. The minimum Gasteiger partial charge on any atom is -0.351 e. The molecule has 0 fully saturated rings. The second-order valence-electron chi connectivity index (χ2n) is 7.28. The Morgan fingerprint density at radius 3 is 3.00 bits per heavy atom. The minimum atomic E-state index is -0.0595. The maximum absolute atomic E-state index is 13.1. The third-order valence-corrected chi connectivity index (χ3v) is 5.52. The number of aryl methyl sites for hydroxylation is 2. The van der Waals surface area contributed by atoms with Crippen molar-refractivity contribution in [3.8, 4) is 0 Å². The van der Waals surface area contributed by atoms with Gasteiger partial charge in [-0.3, -0.25) is 9.59 Å². The lowest BCUT2D eigenvalue weighted by molar-refractivity contribution is 0.0950. The summed E-state index contributed by atoms with van der Waals surface area (Å²) >= 11 is 0. The van der Waals surface area contributed by atoms with Gasteiger partial charge in [0.1, 0.15) is 17.0 Å². The molecule has 0 radical (unpaired) electrons. The average Bonchev–Trinajstić information content (AvgIpc) is 3.22. The Morgan fingerprint density at radius 1 is 1.24 bits per heavy atom. The van der Waals surface area contributed by atoms with Crippen molar-refractivity contribution in [1.29, 1.82) is 0 Å². The molecular formula is C22H21N5O2. The summed E-state index contributed by atoms with van der Waals surface area (Å²) < 4.78 is 4.00. The monoisotopic (exact) mass is 387 g/mol. The second-order valence-corrected chi connectivity index (χ2v) is 7.28. The van der Waals surface area contributed by atoms with Crippen LogP contribution in [0, 0.1) is 0 Å². The molecular weight excluding hydrogens is 366 g/mol. The number of carbonyl (C=O) groups is 2. The number of aromatic nitrogens is 4. The van der Waals surface area contributed by atoms with Crippen molar-refractivity contribution >= 4 is 33.8 Å². The van der Waals surface area contributed by atoms with E-state index in [1.165, 1.54) is 0 Å².